The van der Waals surface area contributed by atoms with Gasteiger partial charge >= 0.3 is 12.6 Å². The van der Waals surface area contributed by atoms with E-state index in [1.54, 1.807) is 6.07 Å². The van der Waals surface area contributed by atoms with Gasteiger partial charge in [0.1, 0.15) is 5.82 Å². The zero-order valence-electron chi connectivity index (χ0n) is 12.7. The van der Waals surface area contributed by atoms with Crippen LogP contribution in [-0.4, -0.2) is 62.0 Å². The number of anilines is 2. The molecule has 1 aliphatic heterocycles. The first-order valence-corrected chi connectivity index (χ1v) is 7.03. The van der Waals surface area contributed by atoms with Crippen molar-refractivity contribution >= 4 is 17.9 Å². The molecule has 0 aromatic carbocycles. The van der Waals surface area contributed by atoms with Crippen LogP contribution >= 0.6 is 0 Å². The molecule has 128 valence electrons. The van der Waals surface area contributed by atoms with Gasteiger partial charge in [-0.1, -0.05) is 0 Å². The van der Waals surface area contributed by atoms with Crippen molar-refractivity contribution in [1.82, 2.24) is 24.6 Å². The van der Waals surface area contributed by atoms with Crippen LogP contribution in [0.3, 0.4) is 0 Å². The Morgan fingerprint density at radius 2 is 2.17 bits per heavy atom. The van der Waals surface area contributed by atoms with E-state index in [9.17, 15) is 13.6 Å². The molecule has 1 saturated heterocycles. The number of rotatable bonds is 4. The van der Waals surface area contributed by atoms with E-state index in [2.05, 4.69) is 15.1 Å². The Morgan fingerprint density at radius 1 is 1.46 bits per heavy atom. The third-order valence-corrected chi connectivity index (χ3v) is 3.86. The Labute approximate surface area is 135 Å². The number of likely N-dealkylation sites (N-methyl/N-ethyl adjacent to an activating group) is 1. The summed E-state index contributed by atoms with van der Waals surface area (Å²) < 4.78 is 25.7. The molecule has 2 aromatic heterocycles. The number of carbonyl (C=O) groups is 1. The van der Waals surface area contributed by atoms with Crippen LogP contribution in [-0.2, 0) is 0 Å². The van der Waals surface area contributed by atoms with Gasteiger partial charge in [0.25, 0.3) is 0 Å². The molecule has 0 atom stereocenters. The highest BCUT2D eigenvalue weighted by Gasteiger charge is 2.33. The molecule has 1 fully saturated rings. The lowest BCUT2D eigenvalue weighted by Crippen LogP contribution is -2.59. The lowest BCUT2D eigenvalue weighted by molar-refractivity contribution is 0.0566. The average molecular weight is 339 g/mol. The zero-order chi connectivity index (χ0) is 17.4. The monoisotopic (exact) mass is 339 g/mol. The van der Waals surface area contributed by atoms with Gasteiger partial charge in [-0.05, 0) is 0 Å². The lowest BCUT2D eigenvalue weighted by Gasteiger charge is -2.43. The van der Waals surface area contributed by atoms with Crippen LogP contribution in [0, 0.1) is 0 Å². The van der Waals surface area contributed by atoms with Gasteiger partial charge in [-0.15, -0.1) is 0 Å². The van der Waals surface area contributed by atoms with E-state index in [1.165, 1.54) is 24.3 Å². The molecule has 0 aliphatic carbocycles. The van der Waals surface area contributed by atoms with E-state index < -0.39 is 12.6 Å². The maximum Gasteiger partial charge on any atom is 0.407 e. The molecule has 0 radical (unpaired) electrons. The minimum atomic E-state index is -2.74. The summed E-state index contributed by atoms with van der Waals surface area (Å²) in [4.78, 5) is 22.1. The summed E-state index contributed by atoms with van der Waals surface area (Å²) in [6.07, 6.45) is 1.45. The van der Waals surface area contributed by atoms with Crippen LogP contribution in [0.5, 0.6) is 0 Å². The van der Waals surface area contributed by atoms with Gasteiger partial charge in [-0.25, -0.2) is 14.5 Å². The molecule has 0 bridgehead atoms. The highest BCUT2D eigenvalue weighted by atomic mass is 19.3. The SMILES string of the molecule is CN(C(=O)O)C1CN(c2cc(-c3cnn(C(F)F)c3)nc(N)n2)C1. The van der Waals surface area contributed by atoms with Crippen molar-refractivity contribution in [3.63, 3.8) is 0 Å². The minimum absolute atomic E-state index is 0.00216. The summed E-state index contributed by atoms with van der Waals surface area (Å²) in [5.74, 6) is 0.514. The Morgan fingerprint density at radius 3 is 2.75 bits per heavy atom. The maximum absolute atomic E-state index is 12.6. The molecule has 1 amide bonds. The molecule has 11 heteroatoms. The van der Waals surface area contributed by atoms with Gasteiger partial charge < -0.3 is 20.6 Å². The summed E-state index contributed by atoms with van der Waals surface area (Å²) in [5.41, 5.74) is 6.46. The molecule has 0 saturated carbocycles. The number of nitrogens with zero attached hydrogens (tertiary/aromatic N) is 6. The van der Waals surface area contributed by atoms with Crippen LogP contribution in [0.1, 0.15) is 6.55 Å². The fourth-order valence-electron chi connectivity index (χ4n) is 2.38. The largest absolute Gasteiger partial charge is 0.465 e. The van der Waals surface area contributed by atoms with Gasteiger partial charge in [0, 0.05) is 38.0 Å². The third kappa shape index (κ3) is 2.92. The van der Waals surface area contributed by atoms with Crippen LogP contribution in [0.4, 0.5) is 25.3 Å². The summed E-state index contributed by atoms with van der Waals surface area (Å²) in [6.45, 7) is -1.80. The maximum atomic E-state index is 12.6. The molecule has 2 aromatic rings. The first-order chi connectivity index (χ1) is 11.3. The molecule has 3 heterocycles. The van der Waals surface area contributed by atoms with Crippen molar-refractivity contribution in [2.75, 3.05) is 30.8 Å². The molecule has 1 aliphatic rings. The van der Waals surface area contributed by atoms with Gasteiger partial charge in [0.15, 0.2) is 0 Å². The summed E-state index contributed by atoms with van der Waals surface area (Å²) in [7, 11) is 1.50. The summed E-state index contributed by atoms with van der Waals surface area (Å²) >= 11 is 0. The van der Waals surface area contributed by atoms with E-state index in [1.807, 2.05) is 4.90 Å². The van der Waals surface area contributed by atoms with E-state index in [4.69, 9.17) is 10.8 Å². The number of hydrogen-bond acceptors (Lipinski definition) is 6. The molecular weight excluding hydrogens is 324 g/mol. The highest BCUT2D eigenvalue weighted by Crippen LogP contribution is 2.27. The standard InChI is InChI=1S/C13H15F2N7O2/c1-20(13(23)24)8-5-21(6-8)10-2-9(18-12(16)19-10)7-3-17-22(4-7)11(14)15/h2-4,8,11H,5-6H2,1H3,(H,23,24)(H2,16,18,19). The topological polar surface area (TPSA) is 113 Å². The Kier molecular flexibility index (Phi) is 3.91. The fourth-order valence-corrected chi connectivity index (χ4v) is 2.38. The molecule has 3 rings (SSSR count). The van der Waals surface area contributed by atoms with Crippen molar-refractivity contribution in [1.29, 1.82) is 0 Å². The van der Waals surface area contributed by atoms with Crippen molar-refractivity contribution in [2.24, 2.45) is 0 Å². The first kappa shape index (κ1) is 15.9. The second kappa shape index (κ2) is 5.91. The Hall–Kier alpha value is -2.98. The zero-order valence-corrected chi connectivity index (χ0v) is 12.7. The Bertz CT molecular complexity index is 761. The second-order valence-electron chi connectivity index (χ2n) is 5.41. The number of aromatic nitrogens is 4. The number of nitrogen functional groups attached to an aromatic ring is 1. The minimum Gasteiger partial charge on any atom is -0.465 e. The van der Waals surface area contributed by atoms with Gasteiger partial charge in [-0.2, -0.15) is 18.9 Å². The van der Waals surface area contributed by atoms with Crippen molar-refractivity contribution in [3.8, 4) is 11.3 Å². The predicted octanol–water partition coefficient (Wildman–Crippen LogP) is 1.12. The number of nitrogens with two attached hydrogens (primary N) is 1. The highest BCUT2D eigenvalue weighted by molar-refractivity contribution is 5.67. The van der Waals surface area contributed by atoms with Gasteiger partial charge in [-0.3, -0.25) is 0 Å². The third-order valence-electron chi connectivity index (χ3n) is 3.86. The van der Waals surface area contributed by atoms with Gasteiger partial charge in [0.05, 0.1) is 17.9 Å². The quantitative estimate of drug-likeness (QED) is 0.858. The number of amides is 1. The van der Waals surface area contributed by atoms with E-state index >= 15 is 0 Å². The normalized spacial score (nSPS) is 14.8. The van der Waals surface area contributed by atoms with Crippen LogP contribution in [0.25, 0.3) is 11.3 Å². The number of alkyl halides is 2. The molecule has 9 nitrogen and oxygen atoms in total. The van der Waals surface area contributed by atoms with Crippen molar-refractivity contribution in [2.45, 2.75) is 12.6 Å². The fraction of sp³-hybridized carbons (Fsp3) is 0.385. The molecule has 0 spiro atoms. The number of halogens is 2. The summed E-state index contributed by atoms with van der Waals surface area (Å²) in [6, 6.07) is 1.48. The molecule has 24 heavy (non-hydrogen) atoms. The van der Waals surface area contributed by atoms with Crippen molar-refractivity contribution < 1.29 is 18.7 Å². The van der Waals surface area contributed by atoms with Crippen LogP contribution in [0.2, 0.25) is 0 Å². The van der Waals surface area contributed by atoms with E-state index in [-0.39, 0.29) is 12.0 Å². The second-order valence-corrected chi connectivity index (χ2v) is 5.41. The van der Waals surface area contributed by atoms with Crippen LogP contribution in [0.15, 0.2) is 18.5 Å². The molecule has 0 unspecified atom stereocenters. The predicted molar refractivity (Wildman–Crippen MR) is 80.7 cm³/mol. The first-order valence-electron chi connectivity index (χ1n) is 7.03. The van der Waals surface area contributed by atoms with Gasteiger partial charge in [0.2, 0.25) is 5.95 Å². The summed E-state index contributed by atoms with van der Waals surface area (Å²) in [5, 5.41) is 12.5. The number of hydrogen-bond donors (Lipinski definition) is 2. The smallest absolute Gasteiger partial charge is 0.407 e. The number of carboxylic acid groups (broad SMARTS) is 1. The van der Waals surface area contributed by atoms with E-state index in [0.717, 1.165) is 0 Å². The average Bonchev–Trinajstić information content (AvgIpc) is 2.95. The molecule has 3 N–H and O–H groups in total. The van der Waals surface area contributed by atoms with E-state index in [0.29, 0.717) is 34.8 Å². The Balaban J connectivity index is 1.79. The molecular formula is C13H15F2N7O2. The lowest BCUT2D eigenvalue weighted by atomic mass is 10.1. The van der Waals surface area contributed by atoms with Crippen molar-refractivity contribution in [3.05, 3.63) is 18.5 Å². The van der Waals surface area contributed by atoms with Crippen LogP contribution < -0.4 is 10.6 Å².